The van der Waals surface area contributed by atoms with Crippen LogP contribution in [0.3, 0.4) is 0 Å². The summed E-state index contributed by atoms with van der Waals surface area (Å²) in [5.74, 6) is -2.74. The van der Waals surface area contributed by atoms with Crippen molar-refractivity contribution in [3.05, 3.63) is 93.7 Å². The molecule has 0 aliphatic carbocycles. The molecule has 0 saturated carbocycles. The Morgan fingerprint density at radius 2 is 1.97 bits per heavy atom. The first-order valence-corrected chi connectivity index (χ1v) is 9.77. The number of aromatic amines is 1. The van der Waals surface area contributed by atoms with Crippen LogP contribution in [0.1, 0.15) is 26.4 Å². The van der Waals surface area contributed by atoms with Gasteiger partial charge < -0.3 is 19.1 Å². The van der Waals surface area contributed by atoms with Crippen molar-refractivity contribution in [3.63, 3.8) is 0 Å². The molecular weight excluding hydrogens is 434 g/mol. The molecule has 5 aromatic rings. The molecule has 3 heterocycles. The van der Waals surface area contributed by atoms with Gasteiger partial charge in [0.05, 0.1) is 34.7 Å². The van der Waals surface area contributed by atoms with Gasteiger partial charge in [0.25, 0.3) is 5.56 Å². The standard InChI is InChI=1S/C24H14F2N2O5/c25-16-4-3-12(11-29)8-13(16)10-28-18-9-17(26)14-5-7-33-22(14)20(18)19(21(28)24(31)32)15-2-1-6-27-23(15)30/h1-9,11H,10H2,(H,27,30)(H,31,32). The average molecular weight is 448 g/mol. The van der Waals surface area contributed by atoms with E-state index in [0.717, 1.165) is 12.1 Å². The van der Waals surface area contributed by atoms with Crippen LogP contribution < -0.4 is 5.56 Å². The second-order valence-electron chi connectivity index (χ2n) is 7.41. The number of fused-ring (bicyclic) bond motifs is 3. The minimum absolute atomic E-state index is 0.0197. The summed E-state index contributed by atoms with van der Waals surface area (Å²) in [6, 6.07) is 9.17. The Labute approximate surface area is 183 Å². The number of carboxylic acids is 1. The zero-order valence-corrected chi connectivity index (χ0v) is 16.8. The Kier molecular flexibility index (Phi) is 4.67. The van der Waals surface area contributed by atoms with Gasteiger partial charge in [0, 0.05) is 22.9 Å². The van der Waals surface area contributed by atoms with Crippen LogP contribution in [0.15, 0.2) is 64.1 Å². The number of rotatable bonds is 5. The Morgan fingerprint density at radius 1 is 1.15 bits per heavy atom. The van der Waals surface area contributed by atoms with Gasteiger partial charge in [-0.15, -0.1) is 0 Å². The Balaban J connectivity index is 1.94. The first-order valence-electron chi connectivity index (χ1n) is 9.77. The van der Waals surface area contributed by atoms with Crippen LogP contribution >= 0.6 is 0 Å². The van der Waals surface area contributed by atoms with E-state index in [1.165, 1.54) is 47.4 Å². The molecule has 7 nitrogen and oxygen atoms in total. The van der Waals surface area contributed by atoms with Crippen molar-refractivity contribution < 1.29 is 27.9 Å². The van der Waals surface area contributed by atoms with Crippen LogP contribution in [-0.2, 0) is 6.54 Å². The highest BCUT2D eigenvalue weighted by Gasteiger charge is 2.29. The minimum atomic E-state index is -1.41. The summed E-state index contributed by atoms with van der Waals surface area (Å²) in [5.41, 5.74) is -0.478. The molecule has 2 aromatic carbocycles. The number of H-pyrrole nitrogens is 1. The monoisotopic (exact) mass is 448 g/mol. The van der Waals surface area contributed by atoms with Gasteiger partial charge in [0.15, 0.2) is 0 Å². The summed E-state index contributed by atoms with van der Waals surface area (Å²) in [5, 5.41) is 10.4. The number of nitrogens with one attached hydrogen (secondary N) is 1. The van der Waals surface area contributed by atoms with E-state index in [0.29, 0.717) is 6.29 Å². The van der Waals surface area contributed by atoms with E-state index in [1.807, 2.05) is 0 Å². The van der Waals surface area contributed by atoms with E-state index in [2.05, 4.69) is 4.98 Å². The SMILES string of the molecule is O=Cc1ccc(F)c(Cn2c(C(=O)O)c(-c3ccc[nH]c3=O)c3c4occc4c(F)cc32)c1. The van der Waals surface area contributed by atoms with Crippen LogP contribution in [0.25, 0.3) is 33.0 Å². The molecule has 5 rings (SSSR count). The fourth-order valence-corrected chi connectivity index (χ4v) is 4.13. The molecule has 0 saturated heterocycles. The molecule has 0 spiro atoms. The first-order chi connectivity index (χ1) is 15.9. The number of carbonyl (C=O) groups is 2. The fourth-order valence-electron chi connectivity index (χ4n) is 4.13. The fraction of sp³-hybridized carbons (Fsp3) is 0.0417. The number of pyridine rings is 1. The maximum atomic E-state index is 14.9. The molecule has 0 aliphatic heterocycles. The average Bonchev–Trinajstić information content (AvgIpc) is 3.39. The second kappa shape index (κ2) is 7.56. The minimum Gasteiger partial charge on any atom is -0.477 e. The molecule has 0 radical (unpaired) electrons. The van der Waals surface area contributed by atoms with Crippen molar-refractivity contribution in [3.8, 4) is 11.1 Å². The number of carbonyl (C=O) groups excluding carboxylic acids is 1. The van der Waals surface area contributed by atoms with Gasteiger partial charge in [-0.1, -0.05) is 0 Å². The van der Waals surface area contributed by atoms with Crippen molar-refractivity contribution >= 4 is 34.1 Å². The van der Waals surface area contributed by atoms with E-state index >= 15 is 0 Å². The maximum absolute atomic E-state index is 14.9. The molecule has 0 bridgehead atoms. The lowest BCUT2D eigenvalue weighted by molar-refractivity contribution is 0.0687. The van der Waals surface area contributed by atoms with Crippen molar-refractivity contribution in [2.45, 2.75) is 6.54 Å². The number of benzene rings is 2. The van der Waals surface area contributed by atoms with Gasteiger partial charge in [0.1, 0.15) is 29.2 Å². The number of nitrogens with zero attached hydrogens (tertiary/aromatic N) is 1. The molecular formula is C24H14F2N2O5. The molecule has 0 amide bonds. The number of furan rings is 1. The number of aromatic nitrogens is 2. The van der Waals surface area contributed by atoms with Crippen LogP contribution in [0.5, 0.6) is 0 Å². The highest BCUT2D eigenvalue weighted by atomic mass is 19.1. The number of hydrogen-bond acceptors (Lipinski definition) is 4. The van der Waals surface area contributed by atoms with Crippen LogP contribution in [0, 0.1) is 11.6 Å². The smallest absolute Gasteiger partial charge is 0.353 e. The van der Waals surface area contributed by atoms with Crippen molar-refractivity contribution in [1.82, 2.24) is 9.55 Å². The number of aldehydes is 1. The Hall–Kier alpha value is -4.53. The van der Waals surface area contributed by atoms with E-state index < -0.39 is 23.2 Å². The predicted octanol–water partition coefficient (Wildman–Crippen LogP) is 4.58. The molecule has 9 heteroatoms. The highest BCUT2D eigenvalue weighted by molar-refractivity contribution is 6.17. The van der Waals surface area contributed by atoms with Gasteiger partial charge in [-0.3, -0.25) is 9.59 Å². The van der Waals surface area contributed by atoms with E-state index in [-0.39, 0.29) is 56.4 Å². The third-order valence-electron chi connectivity index (χ3n) is 5.54. The summed E-state index contributed by atoms with van der Waals surface area (Å²) in [4.78, 5) is 38.7. The largest absolute Gasteiger partial charge is 0.477 e. The Bertz CT molecular complexity index is 1640. The summed E-state index contributed by atoms with van der Waals surface area (Å²) in [6.45, 7) is -0.331. The topological polar surface area (TPSA) is 105 Å². The van der Waals surface area contributed by atoms with Crippen molar-refractivity contribution in [1.29, 1.82) is 0 Å². The van der Waals surface area contributed by atoms with Crippen LogP contribution in [0.2, 0.25) is 0 Å². The zero-order valence-electron chi connectivity index (χ0n) is 16.8. The van der Waals surface area contributed by atoms with Crippen LogP contribution in [-0.4, -0.2) is 26.9 Å². The lowest BCUT2D eigenvalue weighted by Gasteiger charge is -2.11. The third kappa shape index (κ3) is 3.13. The molecule has 0 aliphatic rings. The summed E-state index contributed by atoms with van der Waals surface area (Å²) >= 11 is 0. The normalized spacial score (nSPS) is 11.3. The van der Waals surface area contributed by atoms with Crippen LogP contribution in [0.4, 0.5) is 8.78 Å². The van der Waals surface area contributed by atoms with Gasteiger partial charge >= 0.3 is 5.97 Å². The molecule has 2 N–H and O–H groups in total. The van der Waals surface area contributed by atoms with Gasteiger partial charge in [-0.05, 0) is 42.5 Å². The quantitative estimate of drug-likeness (QED) is 0.383. The summed E-state index contributed by atoms with van der Waals surface area (Å²) in [7, 11) is 0. The Morgan fingerprint density at radius 3 is 2.70 bits per heavy atom. The maximum Gasteiger partial charge on any atom is 0.353 e. The summed E-state index contributed by atoms with van der Waals surface area (Å²) < 4.78 is 36.2. The second-order valence-corrected chi connectivity index (χ2v) is 7.41. The van der Waals surface area contributed by atoms with Crippen molar-refractivity contribution in [2.75, 3.05) is 0 Å². The molecule has 0 unspecified atom stereocenters. The molecule has 0 atom stereocenters. The van der Waals surface area contributed by atoms with E-state index in [4.69, 9.17) is 4.42 Å². The predicted molar refractivity (Wildman–Crippen MR) is 116 cm³/mol. The lowest BCUT2D eigenvalue weighted by Crippen LogP contribution is -2.14. The number of carboxylic acid groups (broad SMARTS) is 1. The zero-order chi connectivity index (χ0) is 23.3. The number of aromatic carboxylic acids is 1. The molecule has 0 fully saturated rings. The highest BCUT2D eigenvalue weighted by Crippen LogP contribution is 2.40. The third-order valence-corrected chi connectivity index (χ3v) is 5.54. The van der Waals surface area contributed by atoms with Gasteiger partial charge in [-0.25, -0.2) is 13.6 Å². The molecule has 33 heavy (non-hydrogen) atoms. The van der Waals surface area contributed by atoms with Crippen molar-refractivity contribution in [2.24, 2.45) is 0 Å². The molecule has 164 valence electrons. The van der Waals surface area contributed by atoms with Gasteiger partial charge in [0.2, 0.25) is 0 Å². The number of halogens is 2. The van der Waals surface area contributed by atoms with E-state index in [9.17, 15) is 28.3 Å². The summed E-state index contributed by atoms with van der Waals surface area (Å²) in [6.07, 6.45) is 3.20. The number of hydrogen-bond donors (Lipinski definition) is 2. The lowest BCUT2D eigenvalue weighted by atomic mass is 10.0. The molecule has 3 aromatic heterocycles. The van der Waals surface area contributed by atoms with E-state index in [1.54, 1.807) is 0 Å². The first kappa shape index (κ1) is 20.4. The van der Waals surface area contributed by atoms with Gasteiger partial charge in [-0.2, -0.15) is 0 Å².